The molecule has 0 saturated heterocycles. The van der Waals surface area contributed by atoms with E-state index in [-0.39, 0.29) is 11.4 Å². The number of nitrogens with one attached hydrogen (secondary N) is 2. The molecule has 0 spiro atoms. The number of anilines is 3. The van der Waals surface area contributed by atoms with E-state index in [2.05, 4.69) is 20.6 Å². The Morgan fingerprint density at radius 3 is 2.62 bits per heavy atom. The Morgan fingerprint density at radius 2 is 1.96 bits per heavy atom. The van der Waals surface area contributed by atoms with Gasteiger partial charge in [-0.15, -0.1) is 0 Å². The van der Waals surface area contributed by atoms with Crippen LogP contribution in [0.4, 0.5) is 21.6 Å². The van der Waals surface area contributed by atoms with Crippen LogP contribution in [0.2, 0.25) is 5.02 Å². The zero-order valence-electron chi connectivity index (χ0n) is 13.7. The van der Waals surface area contributed by atoms with Crippen molar-refractivity contribution < 1.29 is 13.9 Å². The predicted molar refractivity (Wildman–Crippen MR) is 97.7 cm³/mol. The van der Waals surface area contributed by atoms with Crippen LogP contribution in [-0.4, -0.2) is 23.0 Å². The normalized spacial score (nSPS) is 10.3. The Hall–Kier alpha value is -3.19. The van der Waals surface area contributed by atoms with E-state index < -0.39 is 11.7 Å². The van der Waals surface area contributed by atoms with Crippen LogP contribution in [0.5, 0.6) is 5.75 Å². The Kier molecular flexibility index (Phi) is 5.28. The highest BCUT2D eigenvalue weighted by Gasteiger charge is 2.11. The first-order valence-corrected chi connectivity index (χ1v) is 7.93. The van der Waals surface area contributed by atoms with E-state index in [9.17, 15) is 9.18 Å². The van der Waals surface area contributed by atoms with Crippen LogP contribution in [-0.2, 0) is 0 Å². The van der Waals surface area contributed by atoms with E-state index in [1.807, 2.05) is 0 Å². The van der Waals surface area contributed by atoms with Crippen LogP contribution in [0.25, 0.3) is 0 Å². The number of methoxy groups -OCH3 is 1. The predicted octanol–water partition coefficient (Wildman–Crippen LogP) is 4.27. The van der Waals surface area contributed by atoms with E-state index in [4.69, 9.17) is 16.3 Å². The van der Waals surface area contributed by atoms with Gasteiger partial charge in [-0.05, 0) is 30.3 Å². The lowest BCUT2D eigenvalue weighted by Crippen LogP contribution is -2.15. The largest absolute Gasteiger partial charge is 0.495 e. The molecule has 1 aromatic heterocycles. The van der Waals surface area contributed by atoms with Gasteiger partial charge in [-0.3, -0.25) is 4.79 Å². The zero-order valence-corrected chi connectivity index (χ0v) is 14.4. The molecule has 3 rings (SSSR count). The maximum absolute atomic E-state index is 13.6. The molecule has 1 heterocycles. The molecule has 26 heavy (non-hydrogen) atoms. The Morgan fingerprint density at radius 1 is 1.15 bits per heavy atom. The first-order chi connectivity index (χ1) is 12.6. The number of rotatable bonds is 5. The topological polar surface area (TPSA) is 76.1 Å². The maximum atomic E-state index is 13.6. The van der Waals surface area contributed by atoms with Gasteiger partial charge in [-0.25, -0.2) is 14.4 Å². The van der Waals surface area contributed by atoms with Crippen molar-refractivity contribution in [1.82, 2.24) is 9.97 Å². The molecular weight excluding hydrogens is 359 g/mol. The lowest BCUT2D eigenvalue weighted by Gasteiger charge is -2.09. The fourth-order valence-corrected chi connectivity index (χ4v) is 2.41. The summed E-state index contributed by atoms with van der Waals surface area (Å²) in [4.78, 5) is 20.3. The number of ether oxygens (including phenoxy) is 1. The molecule has 0 saturated carbocycles. The number of hydrogen-bond acceptors (Lipinski definition) is 5. The summed E-state index contributed by atoms with van der Waals surface area (Å²) in [6.07, 6.45) is 2.69. The molecule has 3 aromatic rings. The molecule has 0 atom stereocenters. The Balaban J connectivity index is 1.69. The second kappa shape index (κ2) is 7.79. The second-order valence-electron chi connectivity index (χ2n) is 5.20. The van der Waals surface area contributed by atoms with Gasteiger partial charge >= 0.3 is 0 Å². The van der Waals surface area contributed by atoms with Crippen molar-refractivity contribution in [3.05, 3.63) is 71.4 Å². The molecule has 0 fully saturated rings. The average Bonchev–Trinajstić information content (AvgIpc) is 2.64. The van der Waals surface area contributed by atoms with Crippen molar-refractivity contribution in [1.29, 1.82) is 0 Å². The highest BCUT2D eigenvalue weighted by molar-refractivity contribution is 6.32. The smallest absolute Gasteiger partial charge is 0.275 e. The van der Waals surface area contributed by atoms with E-state index in [1.165, 1.54) is 37.7 Å². The van der Waals surface area contributed by atoms with E-state index in [1.54, 1.807) is 24.3 Å². The summed E-state index contributed by atoms with van der Waals surface area (Å²) in [5, 5.41) is 5.91. The van der Waals surface area contributed by atoms with E-state index >= 15 is 0 Å². The number of carbonyl (C=O) groups is 1. The van der Waals surface area contributed by atoms with Crippen LogP contribution >= 0.6 is 11.6 Å². The van der Waals surface area contributed by atoms with Crippen molar-refractivity contribution in [2.45, 2.75) is 0 Å². The van der Waals surface area contributed by atoms with E-state index in [0.29, 0.717) is 22.3 Å². The Bertz CT molecular complexity index is 935. The minimum absolute atomic E-state index is 0.0616. The van der Waals surface area contributed by atoms with Crippen molar-refractivity contribution >= 4 is 34.7 Å². The summed E-state index contributed by atoms with van der Waals surface area (Å²) in [6.45, 7) is 0. The third-order valence-electron chi connectivity index (χ3n) is 3.43. The third kappa shape index (κ3) is 4.07. The summed E-state index contributed by atoms with van der Waals surface area (Å²) in [7, 11) is 1.53. The average molecular weight is 373 g/mol. The zero-order chi connectivity index (χ0) is 18.5. The highest BCUT2D eigenvalue weighted by Crippen LogP contribution is 2.28. The van der Waals surface area contributed by atoms with Crippen LogP contribution in [0.3, 0.4) is 0 Å². The van der Waals surface area contributed by atoms with Gasteiger partial charge in [-0.2, -0.15) is 0 Å². The molecule has 0 aliphatic carbocycles. The molecule has 2 N–H and O–H groups in total. The van der Waals surface area contributed by atoms with Crippen molar-refractivity contribution in [3.63, 3.8) is 0 Å². The summed E-state index contributed by atoms with van der Waals surface area (Å²) in [6, 6.07) is 11.0. The number of aromatic nitrogens is 2. The summed E-state index contributed by atoms with van der Waals surface area (Å²) >= 11 is 6.07. The van der Waals surface area contributed by atoms with Crippen molar-refractivity contribution in [2.24, 2.45) is 0 Å². The summed E-state index contributed by atoms with van der Waals surface area (Å²) in [5.74, 6) is -0.0951. The number of carbonyl (C=O) groups excluding carboxylic acids is 1. The van der Waals surface area contributed by atoms with Crippen molar-refractivity contribution in [2.75, 3.05) is 17.7 Å². The SMILES string of the molecule is COc1ccc(Nc2cnc(C(=O)Nc3ccccc3F)cn2)cc1Cl. The van der Waals surface area contributed by atoms with Crippen LogP contribution < -0.4 is 15.4 Å². The van der Waals surface area contributed by atoms with Crippen molar-refractivity contribution in [3.8, 4) is 5.75 Å². The monoisotopic (exact) mass is 372 g/mol. The molecule has 2 aromatic carbocycles. The number of nitrogens with zero attached hydrogens (tertiary/aromatic N) is 2. The number of para-hydroxylation sites is 1. The highest BCUT2D eigenvalue weighted by atomic mass is 35.5. The van der Waals surface area contributed by atoms with Gasteiger partial charge in [0.05, 0.1) is 30.2 Å². The van der Waals surface area contributed by atoms with Gasteiger partial charge < -0.3 is 15.4 Å². The van der Waals surface area contributed by atoms with Crippen LogP contribution in [0.15, 0.2) is 54.9 Å². The van der Waals surface area contributed by atoms with Gasteiger partial charge in [0, 0.05) is 5.69 Å². The number of amides is 1. The molecule has 8 heteroatoms. The van der Waals surface area contributed by atoms with Crippen LogP contribution in [0, 0.1) is 5.82 Å². The van der Waals surface area contributed by atoms with Gasteiger partial charge in [0.25, 0.3) is 5.91 Å². The molecule has 6 nitrogen and oxygen atoms in total. The molecule has 0 unspecified atom stereocenters. The van der Waals surface area contributed by atoms with Gasteiger partial charge in [-0.1, -0.05) is 23.7 Å². The number of halogens is 2. The lowest BCUT2D eigenvalue weighted by molar-refractivity contribution is 0.102. The molecular formula is C18H14ClFN4O2. The number of benzene rings is 2. The maximum Gasteiger partial charge on any atom is 0.275 e. The van der Waals surface area contributed by atoms with E-state index in [0.717, 1.165) is 0 Å². The Labute approximate surface area is 154 Å². The molecule has 0 aliphatic rings. The first kappa shape index (κ1) is 17.6. The minimum Gasteiger partial charge on any atom is -0.495 e. The second-order valence-corrected chi connectivity index (χ2v) is 5.60. The number of hydrogen-bond donors (Lipinski definition) is 2. The fraction of sp³-hybridized carbons (Fsp3) is 0.0556. The molecule has 132 valence electrons. The molecule has 1 amide bonds. The first-order valence-electron chi connectivity index (χ1n) is 7.55. The quantitative estimate of drug-likeness (QED) is 0.699. The minimum atomic E-state index is -0.554. The van der Waals surface area contributed by atoms with Gasteiger partial charge in [0.2, 0.25) is 0 Å². The standard InChI is InChI=1S/C18H14ClFN4O2/c1-26-16-7-6-11(8-12(16)19)23-17-10-21-15(9-22-17)18(25)24-14-5-3-2-4-13(14)20/h2-10H,1H3,(H,22,23)(H,24,25). The molecule has 0 radical (unpaired) electrons. The summed E-state index contributed by atoms with van der Waals surface area (Å²) in [5.41, 5.74) is 0.828. The van der Waals surface area contributed by atoms with Gasteiger partial charge in [0.1, 0.15) is 23.1 Å². The lowest BCUT2D eigenvalue weighted by atomic mass is 10.3. The fourth-order valence-electron chi connectivity index (χ4n) is 2.15. The van der Waals surface area contributed by atoms with Crippen LogP contribution in [0.1, 0.15) is 10.5 Å². The third-order valence-corrected chi connectivity index (χ3v) is 3.73. The molecule has 0 bridgehead atoms. The van der Waals surface area contributed by atoms with Gasteiger partial charge in [0.15, 0.2) is 0 Å². The molecule has 0 aliphatic heterocycles. The summed E-state index contributed by atoms with van der Waals surface area (Å²) < 4.78 is 18.7.